The maximum Gasteiger partial charge on any atom is 0.179 e. The molecule has 1 atom stereocenters. The molecule has 0 spiro atoms. The molecular formula is C16H26Cl2N2O2. The summed E-state index contributed by atoms with van der Waals surface area (Å²) in [4.78, 5) is 2.42. The Morgan fingerprint density at radius 1 is 1.27 bits per heavy atom. The average molecular weight is 349 g/mol. The Hall–Kier alpha value is -0.680. The molecule has 0 aromatic heterocycles. The zero-order valence-electron chi connectivity index (χ0n) is 13.5. The van der Waals surface area contributed by atoms with Crippen molar-refractivity contribution in [2.75, 3.05) is 27.3 Å². The van der Waals surface area contributed by atoms with Crippen LogP contribution in [0.3, 0.4) is 0 Å². The topological polar surface area (TPSA) is 47.7 Å². The van der Waals surface area contributed by atoms with Crippen molar-refractivity contribution in [1.29, 1.82) is 0 Å². The molecule has 1 aromatic carbocycles. The van der Waals surface area contributed by atoms with Crippen LogP contribution in [0.25, 0.3) is 0 Å². The van der Waals surface area contributed by atoms with E-state index in [2.05, 4.69) is 11.8 Å². The monoisotopic (exact) mass is 348 g/mol. The predicted octanol–water partition coefficient (Wildman–Crippen LogP) is 3.34. The Bertz CT molecular complexity index is 475. The van der Waals surface area contributed by atoms with Gasteiger partial charge in [-0.25, -0.2) is 0 Å². The molecule has 1 aliphatic rings. The molecule has 0 saturated carbocycles. The Labute approximate surface area is 144 Å². The standard InChI is InChI=1S/C16H25ClN2O2.ClH/c1-11(18)12-6-8-19(9-7-12)10-13-4-5-14(20-2)16(21-3)15(13)17;/h4-5,11-12H,6-10,18H2,1-3H3;1H. The molecule has 0 aliphatic carbocycles. The van der Waals surface area contributed by atoms with E-state index in [0.29, 0.717) is 22.4 Å². The predicted molar refractivity (Wildman–Crippen MR) is 93.5 cm³/mol. The molecular weight excluding hydrogens is 323 g/mol. The van der Waals surface area contributed by atoms with Crippen LogP contribution in [0.15, 0.2) is 12.1 Å². The second-order valence-corrected chi connectivity index (χ2v) is 6.12. The Morgan fingerprint density at radius 2 is 1.91 bits per heavy atom. The molecule has 1 heterocycles. The summed E-state index contributed by atoms with van der Waals surface area (Å²) in [5.74, 6) is 1.92. The van der Waals surface area contributed by atoms with Crippen LogP contribution >= 0.6 is 24.0 Å². The van der Waals surface area contributed by atoms with Crippen LogP contribution in [0.1, 0.15) is 25.3 Å². The molecule has 4 nitrogen and oxygen atoms in total. The van der Waals surface area contributed by atoms with Crippen molar-refractivity contribution < 1.29 is 9.47 Å². The molecule has 0 bridgehead atoms. The van der Waals surface area contributed by atoms with Crippen LogP contribution in [0, 0.1) is 5.92 Å². The molecule has 1 unspecified atom stereocenters. The van der Waals surface area contributed by atoms with E-state index in [0.717, 1.165) is 38.0 Å². The third kappa shape index (κ3) is 4.42. The highest BCUT2D eigenvalue weighted by molar-refractivity contribution is 6.33. The van der Waals surface area contributed by atoms with E-state index in [4.69, 9.17) is 26.8 Å². The number of nitrogens with two attached hydrogens (primary N) is 1. The largest absolute Gasteiger partial charge is 0.493 e. The van der Waals surface area contributed by atoms with Crippen LogP contribution < -0.4 is 15.2 Å². The van der Waals surface area contributed by atoms with Gasteiger partial charge >= 0.3 is 0 Å². The number of halogens is 2. The molecule has 6 heteroatoms. The number of benzene rings is 1. The van der Waals surface area contributed by atoms with Crippen LogP contribution in [-0.2, 0) is 6.54 Å². The number of rotatable bonds is 5. The number of hydrogen-bond acceptors (Lipinski definition) is 4. The molecule has 0 amide bonds. The molecule has 1 aromatic rings. The highest BCUT2D eigenvalue weighted by Crippen LogP contribution is 2.38. The fourth-order valence-corrected chi connectivity index (χ4v) is 3.22. The SMILES string of the molecule is COc1ccc(CN2CCC(C(C)N)CC2)c(Cl)c1OC.Cl. The van der Waals surface area contributed by atoms with Crippen LogP contribution in [0.4, 0.5) is 0 Å². The van der Waals surface area contributed by atoms with Gasteiger partial charge in [-0.1, -0.05) is 17.7 Å². The summed E-state index contributed by atoms with van der Waals surface area (Å²) >= 11 is 6.44. The minimum Gasteiger partial charge on any atom is -0.493 e. The summed E-state index contributed by atoms with van der Waals surface area (Å²) in [7, 11) is 3.23. The Kier molecular flexibility index (Phi) is 7.77. The second-order valence-electron chi connectivity index (χ2n) is 5.75. The first-order chi connectivity index (χ1) is 10.1. The van der Waals surface area contributed by atoms with Crippen molar-refractivity contribution in [1.82, 2.24) is 4.90 Å². The second kappa shape index (κ2) is 8.82. The summed E-state index contributed by atoms with van der Waals surface area (Å²) in [5, 5.41) is 0.645. The van der Waals surface area contributed by atoms with E-state index in [1.54, 1.807) is 14.2 Å². The van der Waals surface area contributed by atoms with Gasteiger partial charge in [0.05, 0.1) is 19.2 Å². The maximum absolute atomic E-state index is 6.44. The van der Waals surface area contributed by atoms with E-state index >= 15 is 0 Å². The lowest BCUT2D eigenvalue weighted by Crippen LogP contribution is -2.39. The highest BCUT2D eigenvalue weighted by Gasteiger charge is 2.23. The first kappa shape index (κ1) is 19.4. The summed E-state index contributed by atoms with van der Waals surface area (Å²) in [6, 6.07) is 4.22. The number of nitrogens with zero attached hydrogens (tertiary/aromatic N) is 1. The quantitative estimate of drug-likeness (QED) is 0.886. The number of hydrogen-bond donors (Lipinski definition) is 1. The summed E-state index contributed by atoms with van der Waals surface area (Å²) in [6.45, 7) is 5.07. The van der Waals surface area contributed by atoms with E-state index in [-0.39, 0.29) is 18.4 Å². The summed E-state index contributed by atoms with van der Waals surface area (Å²) in [5.41, 5.74) is 7.07. The zero-order chi connectivity index (χ0) is 15.4. The first-order valence-electron chi connectivity index (χ1n) is 7.44. The fourth-order valence-electron chi connectivity index (χ4n) is 2.93. The van der Waals surface area contributed by atoms with Crippen LogP contribution in [0.5, 0.6) is 11.5 Å². The minimum atomic E-state index is 0. The molecule has 1 fully saturated rings. The number of ether oxygens (including phenoxy) is 2. The van der Waals surface area contributed by atoms with Crippen molar-refractivity contribution in [3.63, 3.8) is 0 Å². The molecule has 1 saturated heterocycles. The van der Waals surface area contributed by atoms with Gasteiger partial charge in [-0.2, -0.15) is 0 Å². The van der Waals surface area contributed by atoms with Crippen molar-refractivity contribution in [3.8, 4) is 11.5 Å². The van der Waals surface area contributed by atoms with Crippen molar-refractivity contribution in [2.24, 2.45) is 11.7 Å². The third-order valence-electron chi connectivity index (χ3n) is 4.33. The van der Waals surface area contributed by atoms with E-state index in [1.165, 1.54) is 0 Å². The lowest BCUT2D eigenvalue weighted by Gasteiger charge is -2.34. The van der Waals surface area contributed by atoms with Crippen molar-refractivity contribution in [2.45, 2.75) is 32.4 Å². The van der Waals surface area contributed by atoms with Gasteiger partial charge in [-0.3, -0.25) is 4.90 Å². The molecule has 2 N–H and O–H groups in total. The van der Waals surface area contributed by atoms with Gasteiger partial charge in [0.25, 0.3) is 0 Å². The van der Waals surface area contributed by atoms with Crippen LogP contribution in [0.2, 0.25) is 5.02 Å². The van der Waals surface area contributed by atoms with Crippen LogP contribution in [-0.4, -0.2) is 38.3 Å². The van der Waals surface area contributed by atoms with E-state index in [1.807, 2.05) is 12.1 Å². The number of methoxy groups -OCH3 is 2. The number of piperidine rings is 1. The fraction of sp³-hybridized carbons (Fsp3) is 0.625. The summed E-state index contributed by atoms with van der Waals surface area (Å²) in [6.07, 6.45) is 2.31. The zero-order valence-corrected chi connectivity index (χ0v) is 15.0. The maximum atomic E-state index is 6.44. The molecule has 1 aliphatic heterocycles. The lowest BCUT2D eigenvalue weighted by atomic mass is 9.91. The molecule has 126 valence electrons. The van der Waals surface area contributed by atoms with Gasteiger partial charge < -0.3 is 15.2 Å². The van der Waals surface area contributed by atoms with Gasteiger partial charge in [0.2, 0.25) is 0 Å². The van der Waals surface area contributed by atoms with Gasteiger partial charge in [0.15, 0.2) is 11.5 Å². The lowest BCUT2D eigenvalue weighted by molar-refractivity contribution is 0.165. The van der Waals surface area contributed by atoms with Gasteiger partial charge in [-0.15, -0.1) is 12.4 Å². The minimum absolute atomic E-state index is 0. The Morgan fingerprint density at radius 3 is 2.41 bits per heavy atom. The molecule has 0 radical (unpaired) electrons. The normalized spacial score (nSPS) is 17.7. The Balaban J connectivity index is 0.00000242. The van der Waals surface area contributed by atoms with Crippen molar-refractivity contribution >= 4 is 24.0 Å². The highest BCUT2D eigenvalue weighted by atomic mass is 35.5. The average Bonchev–Trinajstić information content (AvgIpc) is 2.49. The van der Waals surface area contributed by atoms with E-state index < -0.39 is 0 Å². The van der Waals surface area contributed by atoms with Gasteiger partial charge in [-0.05, 0) is 50.4 Å². The van der Waals surface area contributed by atoms with Crippen molar-refractivity contribution in [3.05, 3.63) is 22.7 Å². The first-order valence-corrected chi connectivity index (χ1v) is 7.82. The van der Waals surface area contributed by atoms with E-state index in [9.17, 15) is 0 Å². The summed E-state index contributed by atoms with van der Waals surface area (Å²) < 4.78 is 10.6. The third-order valence-corrected chi connectivity index (χ3v) is 4.75. The molecule has 2 rings (SSSR count). The molecule has 22 heavy (non-hydrogen) atoms. The smallest absolute Gasteiger partial charge is 0.179 e. The number of likely N-dealkylation sites (tertiary alicyclic amines) is 1. The van der Waals surface area contributed by atoms with Gasteiger partial charge in [0, 0.05) is 12.6 Å². The van der Waals surface area contributed by atoms with Gasteiger partial charge in [0.1, 0.15) is 0 Å².